The van der Waals surface area contributed by atoms with Crippen molar-refractivity contribution in [1.29, 1.82) is 5.26 Å². The van der Waals surface area contributed by atoms with E-state index in [4.69, 9.17) is 4.74 Å². The summed E-state index contributed by atoms with van der Waals surface area (Å²) in [5.41, 5.74) is 2.25. The standard InChI is InChI=1S/C16H12N2O3/c17-9-14-16(11-5-2-1-3-6-11)15-12(10-21-14)7-4-8-13(15)18(19)20/h1-8,14,16H,10H2. The van der Waals surface area contributed by atoms with Gasteiger partial charge in [0.25, 0.3) is 5.69 Å². The molecule has 0 spiro atoms. The molecule has 2 aromatic carbocycles. The summed E-state index contributed by atoms with van der Waals surface area (Å²) in [5.74, 6) is -0.443. The minimum absolute atomic E-state index is 0.0462. The number of benzene rings is 2. The summed E-state index contributed by atoms with van der Waals surface area (Å²) in [7, 11) is 0. The monoisotopic (exact) mass is 280 g/mol. The van der Waals surface area contributed by atoms with E-state index in [1.165, 1.54) is 6.07 Å². The van der Waals surface area contributed by atoms with Gasteiger partial charge in [0.2, 0.25) is 0 Å². The first kappa shape index (κ1) is 13.3. The molecule has 3 rings (SSSR count). The average Bonchev–Trinajstić information content (AvgIpc) is 2.53. The fourth-order valence-corrected chi connectivity index (χ4v) is 2.78. The van der Waals surface area contributed by atoms with Crippen molar-refractivity contribution in [2.75, 3.05) is 0 Å². The van der Waals surface area contributed by atoms with Crippen molar-refractivity contribution in [3.8, 4) is 6.07 Å². The van der Waals surface area contributed by atoms with Crippen LogP contribution in [0.4, 0.5) is 5.69 Å². The second kappa shape index (κ2) is 5.35. The Labute approximate surface area is 121 Å². The second-order valence-corrected chi connectivity index (χ2v) is 4.86. The highest BCUT2D eigenvalue weighted by atomic mass is 16.6. The molecule has 0 saturated heterocycles. The summed E-state index contributed by atoms with van der Waals surface area (Å²) in [6.07, 6.45) is -0.721. The zero-order valence-corrected chi connectivity index (χ0v) is 11.1. The van der Waals surface area contributed by atoms with Crippen LogP contribution < -0.4 is 0 Å². The zero-order valence-electron chi connectivity index (χ0n) is 11.1. The Balaban J connectivity index is 2.23. The van der Waals surface area contributed by atoms with Gasteiger partial charge >= 0.3 is 0 Å². The lowest BCUT2D eigenvalue weighted by Crippen LogP contribution is -2.28. The maximum absolute atomic E-state index is 11.3. The maximum Gasteiger partial charge on any atom is 0.273 e. The first-order valence-electron chi connectivity index (χ1n) is 6.54. The van der Waals surface area contributed by atoms with Crippen LogP contribution >= 0.6 is 0 Å². The Morgan fingerprint density at radius 3 is 2.62 bits per heavy atom. The van der Waals surface area contributed by atoms with Crippen molar-refractivity contribution >= 4 is 5.69 Å². The van der Waals surface area contributed by atoms with Gasteiger partial charge in [-0.25, -0.2) is 0 Å². The molecule has 0 aliphatic carbocycles. The van der Waals surface area contributed by atoms with E-state index < -0.39 is 16.9 Å². The predicted octanol–water partition coefficient (Wildman–Crippen LogP) is 3.15. The molecule has 0 aromatic heterocycles. The molecule has 0 N–H and O–H groups in total. The summed E-state index contributed by atoms with van der Waals surface area (Å²) >= 11 is 0. The number of hydrogen-bond donors (Lipinski definition) is 0. The molecule has 1 aliphatic heterocycles. The van der Waals surface area contributed by atoms with Gasteiger partial charge in [-0.05, 0) is 11.1 Å². The van der Waals surface area contributed by atoms with Crippen LogP contribution in [0.2, 0.25) is 0 Å². The quantitative estimate of drug-likeness (QED) is 0.625. The minimum atomic E-state index is -0.721. The lowest BCUT2D eigenvalue weighted by molar-refractivity contribution is -0.386. The fourth-order valence-electron chi connectivity index (χ4n) is 2.78. The molecule has 2 atom stereocenters. The molecule has 0 saturated carbocycles. The predicted molar refractivity (Wildman–Crippen MR) is 75.6 cm³/mol. The summed E-state index contributed by atoms with van der Waals surface area (Å²) in [4.78, 5) is 10.9. The lowest BCUT2D eigenvalue weighted by atomic mass is 9.82. The van der Waals surface area contributed by atoms with E-state index in [2.05, 4.69) is 6.07 Å². The molecule has 2 unspecified atom stereocenters. The SMILES string of the molecule is N#CC1OCc2cccc([N+](=O)[O-])c2C1c1ccccc1. The number of nitriles is 1. The Kier molecular flexibility index (Phi) is 3.38. The van der Waals surface area contributed by atoms with Gasteiger partial charge in [0.05, 0.1) is 23.5 Å². The molecule has 0 amide bonds. The smallest absolute Gasteiger partial charge is 0.273 e. The first-order valence-corrected chi connectivity index (χ1v) is 6.54. The number of nitro benzene ring substituents is 1. The molecule has 1 heterocycles. The zero-order chi connectivity index (χ0) is 14.8. The summed E-state index contributed by atoms with van der Waals surface area (Å²) in [6, 6.07) is 16.4. The molecule has 104 valence electrons. The number of fused-ring (bicyclic) bond motifs is 1. The highest BCUT2D eigenvalue weighted by Gasteiger charge is 2.36. The van der Waals surface area contributed by atoms with Gasteiger partial charge in [-0.15, -0.1) is 0 Å². The van der Waals surface area contributed by atoms with E-state index in [0.29, 0.717) is 5.56 Å². The van der Waals surface area contributed by atoms with Gasteiger partial charge in [-0.3, -0.25) is 10.1 Å². The van der Waals surface area contributed by atoms with Crippen molar-refractivity contribution < 1.29 is 9.66 Å². The number of nitrogens with zero attached hydrogens (tertiary/aromatic N) is 2. The van der Waals surface area contributed by atoms with Gasteiger partial charge in [0, 0.05) is 11.6 Å². The molecule has 2 aromatic rings. The Hall–Kier alpha value is -2.71. The number of ether oxygens (including phenoxy) is 1. The number of hydrogen-bond acceptors (Lipinski definition) is 4. The molecule has 5 nitrogen and oxygen atoms in total. The van der Waals surface area contributed by atoms with E-state index in [1.807, 2.05) is 36.4 Å². The van der Waals surface area contributed by atoms with Gasteiger partial charge in [-0.1, -0.05) is 42.5 Å². The first-order chi connectivity index (χ1) is 10.2. The van der Waals surface area contributed by atoms with E-state index in [-0.39, 0.29) is 12.3 Å². The Bertz CT molecular complexity index is 722. The molecule has 0 radical (unpaired) electrons. The Morgan fingerprint density at radius 1 is 1.19 bits per heavy atom. The number of nitro groups is 1. The molecule has 0 bridgehead atoms. The average molecular weight is 280 g/mol. The van der Waals surface area contributed by atoms with Gasteiger partial charge in [0.15, 0.2) is 6.10 Å². The summed E-state index contributed by atoms with van der Waals surface area (Å²) in [5, 5.41) is 20.7. The fraction of sp³-hybridized carbons (Fsp3) is 0.188. The summed E-state index contributed by atoms with van der Waals surface area (Å²) < 4.78 is 5.57. The third-order valence-corrected chi connectivity index (χ3v) is 3.69. The molecular weight excluding hydrogens is 268 g/mol. The molecule has 5 heteroatoms. The van der Waals surface area contributed by atoms with Crippen LogP contribution in [0, 0.1) is 21.4 Å². The van der Waals surface area contributed by atoms with Crippen LogP contribution in [-0.2, 0) is 11.3 Å². The summed E-state index contributed by atoms with van der Waals surface area (Å²) in [6.45, 7) is 0.221. The van der Waals surface area contributed by atoms with E-state index in [0.717, 1.165) is 11.1 Å². The van der Waals surface area contributed by atoms with E-state index in [9.17, 15) is 15.4 Å². The largest absolute Gasteiger partial charge is 0.358 e. The normalized spacial score (nSPS) is 20.3. The number of rotatable bonds is 2. The van der Waals surface area contributed by atoms with Crippen LogP contribution in [0.5, 0.6) is 0 Å². The third kappa shape index (κ3) is 2.26. The molecular formula is C16H12N2O3. The highest BCUT2D eigenvalue weighted by molar-refractivity contribution is 5.53. The van der Waals surface area contributed by atoms with E-state index >= 15 is 0 Å². The van der Waals surface area contributed by atoms with Crippen LogP contribution in [0.15, 0.2) is 48.5 Å². The van der Waals surface area contributed by atoms with E-state index in [1.54, 1.807) is 6.07 Å². The van der Waals surface area contributed by atoms with Gasteiger partial charge in [-0.2, -0.15) is 5.26 Å². The highest BCUT2D eigenvalue weighted by Crippen LogP contribution is 2.41. The van der Waals surface area contributed by atoms with Crippen LogP contribution in [0.3, 0.4) is 0 Å². The topological polar surface area (TPSA) is 76.2 Å². The van der Waals surface area contributed by atoms with Crippen molar-refractivity contribution in [2.24, 2.45) is 0 Å². The van der Waals surface area contributed by atoms with Crippen molar-refractivity contribution in [2.45, 2.75) is 18.6 Å². The Morgan fingerprint density at radius 2 is 1.95 bits per heavy atom. The van der Waals surface area contributed by atoms with Gasteiger partial charge < -0.3 is 4.74 Å². The third-order valence-electron chi connectivity index (χ3n) is 3.69. The van der Waals surface area contributed by atoms with Crippen molar-refractivity contribution in [3.05, 3.63) is 75.3 Å². The lowest BCUT2D eigenvalue weighted by Gasteiger charge is -2.29. The van der Waals surface area contributed by atoms with Crippen molar-refractivity contribution in [3.63, 3.8) is 0 Å². The molecule has 21 heavy (non-hydrogen) atoms. The van der Waals surface area contributed by atoms with Crippen LogP contribution in [0.25, 0.3) is 0 Å². The minimum Gasteiger partial charge on any atom is -0.358 e. The maximum atomic E-state index is 11.3. The molecule has 0 fully saturated rings. The molecule has 1 aliphatic rings. The van der Waals surface area contributed by atoms with Crippen LogP contribution in [0.1, 0.15) is 22.6 Å². The van der Waals surface area contributed by atoms with Crippen LogP contribution in [-0.4, -0.2) is 11.0 Å². The van der Waals surface area contributed by atoms with Crippen molar-refractivity contribution in [1.82, 2.24) is 0 Å². The van der Waals surface area contributed by atoms with Gasteiger partial charge in [0.1, 0.15) is 0 Å². The second-order valence-electron chi connectivity index (χ2n) is 4.86.